The average Bonchev–Trinajstić information content (AvgIpc) is 2.19. The summed E-state index contributed by atoms with van der Waals surface area (Å²) in [7, 11) is -1.96. The van der Waals surface area contributed by atoms with E-state index in [0.29, 0.717) is 17.1 Å². The van der Waals surface area contributed by atoms with Gasteiger partial charge in [0, 0.05) is 17.1 Å². The van der Waals surface area contributed by atoms with Crippen molar-refractivity contribution in [3.63, 3.8) is 0 Å². The molecule has 19 heavy (non-hydrogen) atoms. The van der Waals surface area contributed by atoms with E-state index < -0.39 is 15.6 Å². The maximum absolute atomic E-state index is 12.3. The van der Waals surface area contributed by atoms with Crippen LogP contribution in [0, 0.1) is 0 Å². The van der Waals surface area contributed by atoms with E-state index in [1.807, 2.05) is 0 Å². The first-order chi connectivity index (χ1) is 8.57. The zero-order valence-corrected chi connectivity index (χ0v) is 13.7. The van der Waals surface area contributed by atoms with Gasteiger partial charge in [-0.3, -0.25) is 0 Å². The summed E-state index contributed by atoms with van der Waals surface area (Å²) in [5, 5.41) is 3.45. The molecule has 1 rings (SSSR count). The van der Waals surface area contributed by atoms with Crippen LogP contribution in [0.1, 0.15) is 26.3 Å². The molecule has 0 fully saturated rings. The van der Waals surface area contributed by atoms with Gasteiger partial charge in [0.2, 0.25) is 10.0 Å². The number of benzene rings is 1. The van der Waals surface area contributed by atoms with Crippen LogP contribution < -0.4 is 10.0 Å². The van der Waals surface area contributed by atoms with Crippen molar-refractivity contribution in [2.45, 2.75) is 37.8 Å². The van der Waals surface area contributed by atoms with Gasteiger partial charge < -0.3 is 5.32 Å². The third-order valence-electron chi connectivity index (χ3n) is 2.18. The Bertz CT molecular complexity index is 566. The third kappa shape index (κ3) is 4.61. The molecule has 0 saturated heterocycles. The zero-order valence-electron chi connectivity index (χ0n) is 11.3. The van der Waals surface area contributed by atoms with Gasteiger partial charge in [0.05, 0.1) is 5.02 Å². The fraction of sp³-hybridized carbons (Fsp3) is 0.500. The maximum atomic E-state index is 12.3. The van der Waals surface area contributed by atoms with E-state index in [2.05, 4.69) is 10.0 Å². The van der Waals surface area contributed by atoms with Crippen LogP contribution in [0.2, 0.25) is 10.0 Å². The second kappa shape index (κ2) is 5.97. The number of hydrogen-bond donors (Lipinski definition) is 2. The minimum atomic E-state index is -3.71. The molecule has 108 valence electrons. The Morgan fingerprint density at radius 3 is 2.26 bits per heavy atom. The van der Waals surface area contributed by atoms with Gasteiger partial charge in [-0.05, 0) is 45.5 Å². The number of hydrogen-bond acceptors (Lipinski definition) is 3. The van der Waals surface area contributed by atoms with Crippen LogP contribution >= 0.6 is 23.2 Å². The third-order valence-corrected chi connectivity index (χ3v) is 4.74. The highest BCUT2D eigenvalue weighted by Crippen LogP contribution is 2.30. The molecular weight excluding hydrogens is 307 g/mol. The molecule has 0 radical (unpaired) electrons. The van der Waals surface area contributed by atoms with E-state index in [4.69, 9.17) is 23.2 Å². The first kappa shape index (κ1) is 16.7. The Morgan fingerprint density at radius 2 is 1.79 bits per heavy atom. The molecule has 7 heteroatoms. The Balaban J connectivity index is 3.34. The number of sulfonamides is 1. The average molecular weight is 325 g/mol. The molecule has 1 aromatic carbocycles. The summed E-state index contributed by atoms with van der Waals surface area (Å²) in [6.07, 6.45) is 0. The van der Waals surface area contributed by atoms with Gasteiger partial charge in [-0.15, -0.1) is 0 Å². The van der Waals surface area contributed by atoms with Crippen molar-refractivity contribution in [1.82, 2.24) is 10.0 Å². The summed E-state index contributed by atoms with van der Waals surface area (Å²) < 4.78 is 27.2. The molecule has 0 bridgehead atoms. The van der Waals surface area contributed by atoms with Crippen molar-refractivity contribution >= 4 is 33.2 Å². The van der Waals surface area contributed by atoms with E-state index >= 15 is 0 Å². The molecule has 0 unspecified atom stereocenters. The van der Waals surface area contributed by atoms with Crippen LogP contribution in [-0.4, -0.2) is 21.0 Å². The highest BCUT2D eigenvalue weighted by molar-refractivity contribution is 7.89. The maximum Gasteiger partial charge on any atom is 0.242 e. The van der Waals surface area contributed by atoms with E-state index in [9.17, 15) is 8.42 Å². The molecule has 2 N–H and O–H groups in total. The Kier molecular flexibility index (Phi) is 5.26. The molecule has 0 aliphatic rings. The first-order valence-electron chi connectivity index (χ1n) is 5.73. The molecular formula is C12H18Cl2N2O2S. The summed E-state index contributed by atoms with van der Waals surface area (Å²) in [6.45, 7) is 5.73. The zero-order chi connectivity index (χ0) is 14.8. The standard InChI is InChI=1S/C12H18Cl2N2O2S/c1-12(2,3)16-19(17,18)10-6-9(13)5-8(7-15-4)11(10)14/h5-6,15-16H,7H2,1-4H3. The fourth-order valence-corrected chi connectivity index (χ4v) is 3.94. The lowest BCUT2D eigenvalue weighted by molar-refractivity contribution is 0.491. The van der Waals surface area contributed by atoms with Gasteiger partial charge in [0.15, 0.2) is 0 Å². The summed E-state index contributed by atoms with van der Waals surface area (Å²) in [5.74, 6) is 0. The first-order valence-corrected chi connectivity index (χ1v) is 7.97. The minimum Gasteiger partial charge on any atom is -0.316 e. The Morgan fingerprint density at radius 1 is 1.21 bits per heavy atom. The van der Waals surface area contributed by atoms with Crippen molar-refractivity contribution < 1.29 is 8.42 Å². The Hall–Kier alpha value is -0.330. The molecule has 1 aromatic rings. The fourth-order valence-electron chi connectivity index (χ4n) is 1.59. The van der Waals surface area contributed by atoms with Gasteiger partial charge in [0.1, 0.15) is 4.90 Å². The molecule has 4 nitrogen and oxygen atoms in total. The van der Waals surface area contributed by atoms with Crippen molar-refractivity contribution in [2.24, 2.45) is 0 Å². The van der Waals surface area contributed by atoms with Crippen LogP contribution in [0.15, 0.2) is 17.0 Å². The van der Waals surface area contributed by atoms with Gasteiger partial charge >= 0.3 is 0 Å². The molecule has 0 aliphatic carbocycles. The number of nitrogens with one attached hydrogen (secondary N) is 2. The highest BCUT2D eigenvalue weighted by Gasteiger charge is 2.25. The van der Waals surface area contributed by atoms with Crippen LogP contribution in [0.4, 0.5) is 0 Å². The second-order valence-corrected chi connectivity index (χ2v) is 7.73. The SMILES string of the molecule is CNCc1cc(Cl)cc(S(=O)(=O)NC(C)(C)C)c1Cl. The van der Waals surface area contributed by atoms with Crippen LogP contribution in [0.3, 0.4) is 0 Å². The van der Waals surface area contributed by atoms with E-state index in [1.165, 1.54) is 6.07 Å². The second-order valence-electron chi connectivity index (χ2n) is 5.26. The lowest BCUT2D eigenvalue weighted by Gasteiger charge is -2.21. The topological polar surface area (TPSA) is 58.2 Å². The quantitative estimate of drug-likeness (QED) is 0.895. The molecule has 0 heterocycles. The van der Waals surface area contributed by atoms with Crippen LogP contribution in [0.5, 0.6) is 0 Å². The smallest absolute Gasteiger partial charge is 0.242 e. The van der Waals surface area contributed by atoms with Crippen LogP contribution in [0.25, 0.3) is 0 Å². The van der Waals surface area contributed by atoms with E-state index in [1.54, 1.807) is 33.9 Å². The van der Waals surface area contributed by atoms with Gasteiger partial charge in [-0.25, -0.2) is 13.1 Å². The summed E-state index contributed by atoms with van der Waals surface area (Å²) in [4.78, 5) is 0.00171. The van der Waals surface area contributed by atoms with Crippen molar-refractivity contribution in [2.75, 3.05) is 7.05 Å². The van der Waals surface area contributed by atoms with Gasteiger partial charge in [-0.2, -0.15) is 0 Å². The predicted octanol–water partition coefficient (Wildman–Crippen LogP) is 2.79. The van der Waals surface area contributed by atoms with E-state index in [-0.39, 0.29) is 9.92 Å². The van der Waals surface area contributed by atoms with Crippen molar-refractivity contribution in [3.05, 3.63) is 27.7 Å². The van der Waals surface area contributed by atoms with Crippen LogP contribution in [-0.2, 0) is 16.6 Å². The Labute approximate surface area is 124 Å². The molecule has 0 saturated carbocycles. The largest absolute Gasteiger partial charge is 0.316 e. The van der Waals surface area contributed by atoms with Crippen molar-refractivity contribution in [1.29, 1.82) is 0 Å². The summed E-state index contributed by atoms with van der Waals surface area (Å²) in [5.41, 5.74) is 0.0548. The van der Waals surface area contributed by atoms with Gasteiger partial charge in [0.25, 0.3) is 0 Å². The van der Waals surface area contributed by atoms with E-state index in [0.717, 1.165) is 0 Å². The molecule has 0 aliphatic heterocycles. The van der Waals surface area contributed by atoms with Gasteiger partial charge in [-0.1, -0.05) is 23.2 Å². The predicted molar refractivity (Wildman–Crippen MR) is 79.3 cm³/mol. The normalized spacial score (nSPS) is 12.7. The molecule has 0 atom stereocenters. The number of halogens is 2. The van der Waals surface area contributed by atoms with Crippen molar-refractivity contribution in [3.8, 4) is 0 Å². The lowest BCUT2D eigenvalue weighted by Crippen LogP contribution is -2.40. The molecule has 0 aromatic heterocycles. The molecule has 0 spiro atoms. The highest BCUT2D eigenvalue weighted by atomic mass is 35.5. The summed E-state index contributed by atoms with van der Waals surface area (Å²) in [6, 6.07) is 3.01. The number of rotatable bonds is 4. The monoisotopic (exact) mass is 324 g/mol. The summed E-state index contributed by atoms with van der Waals surface area (Å²) >= 11 is 12.1. The minimum absolute atomic E-state index is 0.00171. The molecule has 0 amide bonds. The lowest BCUT2D eigenvalue weighted by atomic mass is 10.1.